The number of carbonyl (C=O) groups is 1. The normalized spacial score (nSPS) is 16.2. The third kappa shape index (κ3) is 5.49. The Hall–Kier alpha value is -2.18. The van der Waals surface area contributed by atoms with Gasteiger partial charge in [-0.2, -0.15) is 12.7 Å². The fraction of sp³-hybridized carbons (Fsp3) is 0.278. The summed E-state index contributed by atoms with van der Waals surface area (Å²) in [6, 6.07) is 12.3. The van der Waals surface area contributed by atoms with E-state index in [9.17, 15) is 21.6 Å². The molecule has 30 heavy (non-hydrogen) atoms. The number of para-hydroxylation sites is 1. The van der Waals surface area contributed by atoms with Crippen molar-refractivity contribution in [2.75, 3.05) is 23.1 Å². The van der Waals surface area contributed by atoms with E-state index in [-0.39, 0.29) is 34.6 Å². The quantitative estimate of drug-likeness (QED) is 0.590. The molecule has 1 aliphatic rings. The number of rotatable bonds is 6. The molecule has 1 heterocycles. The Balaban J connectivity index is 1.68. The number of piperidine rings is 1. The van der Waals surface area contributed by atoms with E-state index >= 15 is 0 Å². The number of amides is 1. The van der Waals surface area contributed by atoms with E-state index in [1.165, 1.54) is 18.2 Å². The molecule has 12 heteroatoms. The molecule has 1 aliphatic heterocycles. The summed E-state index contributed by atoms with van der Waals surface area (Å²) in [7, 11) is -7.68. The first-order chi connectivity index (χ1) is 14.1. The predicted molar refractivity (Wildman–Crippen MR) is 115 cm³/mol. The van der Waals surface area contributed by atoms with Crippen LogP contribution in [0.2, 0.25) is 5.02 Å². The Kier molecular flexibility index (Phi) is 6.68. The Labute approximate surface area is 180 Å². The number of sulfonamides is 1. The SMILES string of the molecule is NS(=O)(=O)N1CCC(C(=O)Nc2cccc(S(=O)(=O)Nc3ccccc3Cl)c2)CC1. The predicted octanol–water partition coefficient (Wildman–Crippen LogP) is 1.99. The molecule has 0 spiro atoms. The summed E-state index contributed by atoms with van der Waals surface area (Å²) < 4.78 is 51.6. The molecule has 1 fully saturated rings. The van der Waals surface area contributed by atoms with Crippen molar-refractivity contribution in [3.63, 3.8) is 0 Å². The van der Waals surface area contributed by atoms with Gasteiger partial charge in [-0.15, -0.1) is 0 Å². The van der Waals surface area contributed by atoms with Gasteiger partial charge in [0.1, 0.15) is 0 Å². The van der Waals surface area contributed by atoms with Crippen molar-refractivity contribution in [3.8, 4) is 0 Å². The highest BCUT2D eigenvalue weighted by molar-refractivity contribution is 7.92. The van der Waals surface area contributed by atoms with Crippen molar-refractivity contribution in [1.29, 1.82) is 0 Å². The molecule has 9 nitrogen and oxygen atoms in total. The van der Waals surface area contributed by atoms with Crippen molar-refractivity contribution in [3.05, 3.63) is 53.6 Å². The summed E-state index contributed by atoms with van der Waals surface area (Å²) in [6.07, 6.45) is 0.655. The molecule has 0 bridgehead atoms. The Morgan fingerprint density at radius 1 is 1.03 bits per heavy atom. The minimum Gasteiger partial charge on any atom is -0.326 e. The molecule has 1 saturated heterocycles. The summed E-state index contributed by atoms with van der Waals surface area (Å²) in [5, 5.41) is 8.06. The van der Waals surface area contributed by atoms with Crippen molar-refractivity contribution in [1.82, 2.24) is 4.31 Å². The van der Waals surface area contributed by atoms with E-state index < -0.39 is 26.2 Å². The number of benzene rings is 2. The fourth-order valence-corrected chi connectivity index (χ4v) is 5.19. The van der Waals surface area contributed by atoms with E-state index in [1.54, 1.807) is 30.3 Å². The fourth-order valence-electron chi connectivity index (χ4n) is 3.11. The minimum atomic E-state index is -3.92. The number of nitrogens with zero attached hydrogens (tertiary/aromatic N) is 1. The standard InChI is InChI=1S/C18H21ClN4O5S2/c19-16-6-1-2-7-17(16)22-29(25,26)15-5-3-4-14(12-15)21-18(24)13-8-10-23(11-9-13)30(20,27)28/h1-7,12-13,22H,8-11H2,(H,21,24)(H2,20,27,28). The van der Waals surface area contributed by atoms with Crippen LogP contribution < -0.4 is 15.2 Å². The summed E-state index contributed by atoms with van der Waals surface area (Å²) in [5.74, 6) is -0.706. The van der Waals surface area contributed by atoms with Gasteiger partial charge in [0, 0.05) is 24.7 Å². The second kappa shape index (κ2) is 8.90. The average molecular weight is 473 g/mol. The van der Waals surface area contributed by atoms with Gasteiger partial charge in [0.05, 0.1) is 15.6 Å². The number of nitrogens with two attached hydrogens (primary N) is 1. The lowest BCUT2D eigenvalue weighted by atomic mass is 9.97. The summed E-state index contributed by atoms with van der Waals surface area (Å²) >= 11 is 6.01. The average Bonchev–Trinajstić information content (AvgIpc) is 2.69. The Morgan fingerprint density at radius 2 is 1.70 bits per heavy atom. The molecule has 0 atom stereocenters. The third-order valence-corrected chi connectivity index (χ3v) is 7.49. The van der Waals surface area contributed by atoms with Crippen LogP contribution in [-0.2, 0) is 25.0 Å². The zero-order chi connectivity index (χ0) is 21.9. The van der Waals surface area contributed by atoms with Crippen LogP contribution in [0.1, 0.15) is 12.8 Å². The molecular formula is C18H21ClN4O5S2. The van der Waals surface area contributed by atoms with Gasteiger partial charge >= 0.3 is 0 Å². The van der Waals surface area contributed by atoms with Crippen LogP contribution in [-0.4, -0.2) is 40.1 Å². The number of nitrogens with one attached hydrogen (secondary N) is 2. The summed E-state index contributed by atoms with van der Waals surface area (Å²) in [4.78, 5) is 12.5. The van der Waals surface area contributed by atoms with E-state index in [2.05, 4.69) is 10.0 Å². The Bertz CT molecular complexity index is 1150. The van der Waals surface area contributed by atoms with Gasteiger partial charge in [0.25, 0.3) is 20.2 Å². The number of hydrogen-bond acceptors (Lipinski definition) is 5. The van der Waals surface area contributed by atoms with Crippen LogP contribution in [0.5, 0.6) is 0 Å². The van der Waals surface area contributed by atoms with Crippen LogP contribution in [0.4, 0.5) is 11.4 Å². The molecule has 0 saturated carbocycles. The molecule has 1 amide bonds. The van der Waals surface area contributed by atoms with Crippen molar-refractivity contribution < 1.29 is 21.6 Å². The molecule has 2 aromatic carbocycles. The second-order valence-electron chi connectivity index (χ2n) is 6.82. The zero-order valence-corrected chi connectivity index (χ0v) is 18.2. The number of hydrogen-bond donors (Lipinski definition) is 3. The van der Waals surface area contributed by atoms with E-state index in [1.807, 2.05) is 0 Å². The maximum Gasteiger partial charge on any atom is 0.276 e. The summed E-state index contributed by atoms with van der Waals surface area (Å²) in [6.45, 7) is 0.320. The van der Waals surface area contributed by atoms with Gasteiger partial charge in [-0.05, 0) is 43.2 Å². The van der Waals surface area contributed by atoms with Crippen molar-refractivity contribution in [2.24, 2.45) is 11.1 Å². The first-order valence-corrected chi connectivity index (χ1v) is 12.4. The van der Waals surface area contributed by atoms with Crippen LogP contribution in [0, 0.1) is 5.92 Å². The molecule has 0 aliphatic carbocycles. The number of anilines is 2. The van der Waals surface area contributed by atoms with E-state index in [4.69, 9.17) is 16.7 Å². The maximum atomic E-state index is 12.7. The smallest absolute Gasteiger partial charge is 0.276 e. The minimum absolute atomic E-state index is 0.0377. The summed E-state index contributed by atoms with van der Waals surface area (Å²) in [5.41, 5.74) is 0.561. The molecule has 0 unspecified atom stereocenters. The first-order valence-electron chi connectivity index (χ1n) is 9.02. The maximum absolute atomic E-state index is 12.7. The number of halogens is 1. The van der Waals surface area contributed by atoms with Gasteiger partial charge in [-0.25, -0.2) is 13.6 Å². The highest BCUT2D eigenvalue weighted by Gasteiger charge is 2.29. The van der Waals surface area contributed by atoms with Crippen LogP contribution >= 0.6 is 11.6 Å². The Morgan fingerprint density at radius 3 is 2.33 bits per heavy atom. The van der Waals surface area contributed by atoms with Gasteiger partial charge in [0.15, 0.2) is 0 Å². The van der Waals surface area contributed by atoms with Gasteiger partial charge in [-0.1, -0.05) is 29.8 Å². The van der Waals surface area contributed by atoms with E-state index in [0.717, 1.165) is 4.31 Å². The van der Waals surface area contributed by atoms with Gasteiger partial charge in [0.2, 0.25) is 5.91 Å². The van der Waals surface area contributed by atoms with Gasteiger partial charge in [-0.3, -0.25) is 9.52 Å². The van der Waals surface area contributed by atoms with E-state index in [0.29, 0.717) is 18.5 Å². The zero-order valence-electron chi connectivity index (χ0n) is 15.8. The largest absolute Gasteiger partial charge is 0.326 e. The van der Waals surface area contributed by atoms with Crippen molar-refractivity contribution in [2.45, 2.75) is 17.7 Å². The lowest BCUT2D eigenvalue weighted by Gasteiger charge is -2.29. The van der Waals surface area contributed by atoms with Gasteiger partial charge < -0.3 is 5.32 Å². The van der Waals surface area contributed by atoms with Crippen molar-refractivity contribution >= 4 is 49.1 Å². The highest BCUT2D eigenvalue weighted by Crippen LogP contribution is 2.26. The number of carbonyl (C=O) groups excluding carboxylic acids is 1. The molecule has 0 aromatic heterocycles. The molecule has 0 radical (unpaired) electrons. The molecule has 2 aromatic rings. The van der Waals surface area contributed by atoms with Crippen LogP contribution in [0.3, 0.4) is 0 Å². The third-order valence-electron chi connectivity index (χ3n) is 4.71. The topological polar surface area (TPSA) is 139 Å². The second-order valence-corrected chi connectivity index (χ2v) is 10.5. The van der Waals surface area contributed by atoms with Crippen LogP contribution in [0.15, 0.2) is 53.4 Å². The molecular weight excluding hydrogens is 452 g/mol. The molecule has 3 rings (SSSR count). The molecule has 4 N–H and O–H groups in total. The lowest BCUT2D eigenvalue weighted by molar-refractivity contribution is -0.120. The monoisotopic (exact) mass is 472 g/mol. The van der Waals surface area contributed by atoms with Crippen LogP contribution in [0.25, 0.3) is 0 Å². The molecule has 162 valence electrons. The lowest BCUT2D eigenvalue weighted by Crippen LogP contribution is -2.44. The first kappa shape index (κ1) is 22.5. The highest BCUT2D eigenvalue weighted by atomic mass is 35.5.